The lowest BCUT2D eigenvalue weighted by atomic mass is 9.98. The van der Waals surface area contributed by atoms with Gasteiger partial charge in [0.25, 0.3) is 0 Å². The molecule has 1 atom stereocenters. The molecular formula is C14H23FN2. The lowest BCUT2D eigenvalue weighted by molar-refractivity contribution is 0.462. The third-order valence-electron chi connectivity index (χ3n) is 3.63. The molecule has 2 nitrogen and oxygen atoms in total. The molecule has 1 aromatic rings. The molecule has 96 valence electrons. The maximum Gasteiger partial charge on any atom is 0.146 e. The Morgan fingerprint density at radius 2 is 2.00 bits per heavy atom. The highest BCUT2D eigenvalue weighted by Gasteiger charge is 2.23. The maximum atomic E-state index is 14.0. The van der Waals surface area contributed by atoms with Crippen LogP contribution in [0.2, 0.25) is 0 Å². The molecule has 3 heteroatoms. The molecule has 0 spiro atoms. The van der Waals surface area contributed by atoms with Gasteiger partial charge in [-0.2, -0.15) is 0 Å². The monoisotopic (exact) mass is 238 g/mol. The second kappa shape index (κ2) is 5.05. The van der Waals surface area contributed by atoms with Crippen LogP contribution in [0.3, 0.4) is 0 Å². The van der Waals surface area contributed by atoms with Crippen LogP contribution in [0.25, 0.3) is 0 Å². The molecule has 0 saturated heterocycles. The summed E-state index contributed by atoms with van der Waals surface area (Å²) in [5.41, 5.74) is 7.14. The molecule has 1 rings (SSSR count). The summed E-state index contributed by atoms with van der Waals surface area (Å²) < 4.78 is 14.0. The van der Waals surface area contributed by atoms with Gasteiger partial charge in [0, 0.05) is 18.6 Å². The first-order valence-electron chi connectivity index (χ1n) is 6.08. The topological polar surface area (TPSA) is 29.3 Å². The molecule has 0 saturated carbocycles. The molecule has 0 aliphatic carbocycles. The quantitative estimate of drug-likeness (QED) is 0.870. The minimum atomic E-state index is -0.205. The van der Waals surface area contributed by atoms with Crippen molar-refractivity contribution in [1.29, 1.82) is 0 Å². The molecular weight excluding hydrogens is 215 g/mol. The molecule has 1 aromatic carbocycles. The highest BCUT2D eigenvalue weighted by Crippen LogP contribution is 2.28. The summed E-state index contributed by atoms with van der Waals surface area (Å²) in [4.78, 5) is 1.98. The SMILES string of the molecule is CCC(C)(C)N(C)c1ccc(C(C)N)cc1F. The van der Waals surface area contributed by atoms with E-state index in [9.17, 15) is 4.39 Å². The molecule has 0 heterocycles. The van der Waals surface area contributed by atoms with Crippen LogP contribution in [0.5, 0.6) is 0 Å². The average Bonchev–Trinajstić information content (AvgIpc) is 2.27. The molecule has 17 heavy (non-hydrogen) atoms. The fourth-order valence-corrected chi connectivity index (χ4v) is 1.64. The highest BCUT2D eigenvalue weighted by molar-refractivity contribution is 5.50. The van der Waals surface area contributed by atoms with E-state index >= 15 is 0 Å². The number of nitrogens with two attached hydrogens (primary N) is 1. The van der Waals surface area contributed by atoms with Crippen molar-refractivity contribution in [2.24, 2.45) is 5.73 Å². The van der Waals surface area contributed by atoms with Gasteiger partial charge in [0.2, 0.25) is 0 Å². The number of benzene rings is 1. The van der Waals surface area contributed by atoms with E-state index in [1.807, 2.05) is 31.0 Å². The van der Waals surface area contributed by atoms with Crippen molar-refractivity contribution in [2.75, 3.05) is 11.9 Å². The summed E-state index contributed by atoms with van der Waals surface area (Å²) in [5.74, 6) is -0.205. The summed E-state index contributed by atoms with van der Waals surface area (Å²) >= 11 is 0. The zero-order valence-corrected chi connectivity index (χ0v) is 11.4. The Morgan fingerprint density at radius 3 is 2.41 bits per heavy atom. The van der Waals surface area contributed by atoms with E-state index in [0.717, 1.165) is 12.0 Å². The van der Waals surface area contributed by atoms with Gasteiger partial charge in [0.1, 0.15) is 5.82 Å². The molecule has 1 unspecified atom stereocenters. The van der Waals surface area contributed by atoms with Gasteiger partial charge in [-0.25, -0.2) is 4.39 Å². The number of rotatable bonds is 4. The molecule has 0 aromatic heterocycles. The second-order valence-corrected chi connectivity index (χ2v) is 5.22. The Labute approximate surface area is 104 Å². The lowest BCUT2D eigenvalue weighted by Crippen LogP contribution is -2.41. The fraction of sp³-hybridized carbons (Fsp3) is 0.571. The zero-order valence-electron chi connectivity index (χ0n) is 11.4. The summed E-state index contributed by atoms with van der Waals surface area (Å²) in [6, 6.07) is 5.10. The van der Waals surface area contributed by atoms with Gasteiger partial charge < -0.3 is 10.6 Å². The predicted molar refractivity (Wildman–Crippen MR) is 71.8 cm³/mol. The molecule has 0 amide bonds. The van der Waals surface area contributed by atoms with Crippen LogP contribution >= 0.6 is 0 Å². The molecule has 0 fully saturated rings. The van der Waals surface area contributed by atoms with E-state index in [0.29, 0.717) is 5.69 Å². The Bertz CT molecular complexity index is 386. The van der Waals surface area contributed by atoms with E-state index in [1.54, 1.807) is 0 Å². The third-order valence-corrected chi connectivity index (χ3v) is 3.63. The van der Waals surface area contributed by atoms with Gasteiger partial charge in [0.15, 0.2) is 0 Å². The summed E-state index contributed by atoms with van der Waals surface area (Å²) in [5, 5.41) is 0. The van der Waals surface area contributed by atoms with Crippen LogP contribution in [0.4, 0.5) is 10.1 Å². The summed E-state index contributed by atoms with van der Waals surface area (Å²) in [6.07, 6.45) is 0.956. The number of anilines is 1. The van der Waals surface area contributed by atoms with Gasteiger partial charge in [-0.1, -0.05) is 13.0 Å². The van der Waals surface area contributed by atoms with Crippen molar-refractivity contribution in [3.8, 4) is 0 Å². The van der Waals surface area contributed by atoms with Crippen molar-refractivity contribution in [1.82, 2.24) is 0 Å². The maximum absolute atomic E-state index is 14.0. The van der Waals surface area contributed by atoms with Gasteiger partial charge in [-0.3, -0.25) is 0 Å². The summed E-state index contributed by atoms with van der Waals surface area (Å²) in [6.45, 7) is 8.16. The molecule has 2 N–H and O–H groups in total. The number of halogens is 1. The minimum absolute atomic E-state index is 0.0588. The van der Waals surface area contributed by atoms with Crippen LogP contribution in [-0.2, 0) is 0 Å². The number of nitrogens with zero attached hydrogens (tertiary/aromatic N) is 1. The average molecular weight is 238 g/mol. The van der Waals surface area contributed by atoms with Crippen LogP contribution in [-0.4, -0.2) is 12.6 Å². The van der Waals surface area contributed by atoms with Crippen molar-refractivity contribution in [3.63, 3.8) is 0 Å². The van der Waals surface area contributed by atoms with E-state index in [4.69, 9.17) is 5.73 Å². The van der Waals surface area contributed by atoms with Crippen LogP contribution in [0.15, 0.2) is 18.2 Å². The Kier molecular flexibility index (Phi) is 4.15. The van der Waals surface area contributed by atoms with Crippen LogP contribution in [0, 0.1) is 5.82 Å². The normalized spacial score (nSPS) is 13.6. The van der Waals surface area contributed by atoms with Gasteiger partial charge >= 0.3 is 0 Å². The molecule has 0 aliphatic heterocycles. The van der Waals surface area contributed by atoms with Crippen LogP contribution in [0.1, 0.15) is 45.7 Å². The van der Waals surface area contributed by atoms with Crippen molar-refractivity contribution < 1.29 is 4.39 Å². The van der Waals surface area contributed by atoms with E-state index in [-0.39, 0.29) is 17.4 Å². The molecule has 0 radical (unpaired) electrons. The summed E-state index contributed by atoms with van der Waals surface area (Å²) in [7, 11) is 1.92. The number of hydrogen-bond donors (Lipinski definition) is 1. The van der Waals surface area contributed by atoms with E-state index in [1.165, 1.54) is 6.07 Å². The van der Waals surface area contributed by atoms with Crippen LogP contribution < -0.4 is 10.6 Å². The smallest absolute Gasteiger partial charge is 0.146 e. The molecule has 0 bridgehead atoms. The standard InChI is InChI=1S/C14H23FN2/c1-6-14(3,4)17(5)13-8-7-11(10(2)16)9-12(13)15/h7-10H,6,16H2,1-5H3. The van der Waals surface area contributed by atoms with Gasteiger partial charge in [-0.15, -0.1) is 0 Å². The fourth-order valence-electron chi connectivity index (χ4n) is 1.64. The number of hydrogen-bond acceptors (Lipinski definition) is 2. The third kappa shape index (κ3) is 2.97. The zero-order chi connectivity index (χ0) is 13.2. The van der Waals surface area contributed by atoms with Crippen molar-refractivity contribution in [2.45, 2.75) is 45.7 Å². The van der Waals surface area contributed by atoms with Gasteiger partial charge in [-0.05, 0) is 44.9 Å². The molecule has 0 aliphatic rings. The Morgan fingerprint density at radius 1 is 1.41 bits per heavy atom. The van der Waals surface area contributed by atoms with Crippen molar-refractivity contribution in [3.05, 3.63) is 29.6 Å². The Hall–Kier alpha value is -1.09. The van der Waals surface area contributed by atoms with Gasteiger partial charge in [0.05, 0.1) is 5.69 Å². The second-order valence-electron chi connectivity index (χ2n) is 5.22. The minimum Gasteiger partial charge on any atom is -0.367 e. The highest BCUT2D eigenvalue weighted by atomic mass is 19.1. The van der Waals surface area contributed by atoms with Crippen molar-refractivity contribution >= 4 is 5.69 Å². The van der Waals surface area contributed by atoms with E-state index < -0.39 is 0 Å². The first kappa shape index (κ1) is 14.0. The largest absolute Gasteiger partial charge is 0.367 e. The first-order chi connectivity index (χ1) is 7.79. The Balaban J connectivity index is 3.08. The predicted octanol–water partition coefficient (Wildman–Crippen LogP) is 3.47. The van der Waals surface area contributed by atoms with E-state index in [2.05, 4.69) is 20.8 Å². The lowest BCUT2D eigenvalue weighted by Gasteiger charge is -2.37. The first-order valence-corrected chi connectivity index (χ1v) is 6.08.